The molecule has 0 aliphatic carbocycles. The lowest BCUT2D eigenvalue weighted by atomic mass is 10.0. The third kappa shape index (κ3) is 1.29. The predicted molar refractivity (Wildman–Crippen MR) is 54.5 cm³/mol. The Hall–Kier alpha value is -1.07. The van der Waals surface area contributed by atoms with Gasteiger partial charge in [-0.05, 0) is 18.6 Å². The van der Waals surface area contributed by atoms with Gasteiger partial charge < -0.3 is 11.5 Å². The van der Waals surface area contributed by atoms with Crippen molar-refractivity contribution in [1.82, 2.24) is 0 Å². The minimum absolute atomic E-state index is 0.116. The van der Waals surface area contributed by atoms with Crippen LogP contribution in [0.2, 0.25) is 0 Å². The highest BCUT2D eigenvalue weighted by molar-refractivity contribution is 7.91. The number of anilines is 1. The van der Waals surface area contributed by atoms with Crippen molar-refractivity contribution in [3.8, 4) is 0 Å². The highest BCUT2D eigenvalue weighted by Crippen LogP contribution is 2.34. The number of benzene rings is 1. The Morgan fingerprint density at radius 3 is 2.71 bits per heavy atom. The lowest BCUT2D eigenvalue weighted by Gasteiger charge is -2.23. The first-order valence-electron chi connectivity index (χ1n) is 4.39. The number of sulfone groups is 1. The summed E-state index contributed by atoms with van der Waals surface area (Å²) in [7, 11) is -3.16. The van der Waals surface area contributed by atoms with Gasteiger partial charge in [-0.3, -0.25) is 0 Å². The molecule has 5 heteroatoms. The van der Waals surface area contributed by atoms with Crippen LogP contribution in [0.4, 0.5) is 5.69 Å². The van der Waals surface area contributed by atoms with E-state index in [1.807, 2.05) is 0 Å². The Morgan fingerprint density at radius 1 is 1.36 bits per heavy atom. The second-order valence-corrected chi connectivity index (χ2v) is 5.55. The monoisotopic (exact) mass is 212 g/mol. The summed E-state index contributed by atoms with van der Waals surface area (Å²) in [6.45, 7) is 0. The fourth-order valence-corrected chi connectivity index (χ4v) is 3.44. The second-order valence-electron chi connectivity index (χ2n) is 3.47. The van der Waals surface area contributed by atoms with Gasteiger partial charge in [0.05, 0.1) is 10.6 Å². The van der Waals surface area contributed by atoms with Crippen molar-refractivity contribution >= 4 is 15.5 Å². The molecule has 0 fully saturated rings. The summed E-state index contributed by atoms with van der Waals surface area (Å²) >= 11 is 0. The molecule has 76 valence electrons. The maximum atomic E-state index is 11.7. The average Bonchev–Trinajstić information content (AvgIpc) is 2.12. The molecule has 0 saturated carbocycles. The second kappa shape index (κ2) is 2.96. The molecule has 1 aliphatic rings. The average molecular weight is 212 g/mol. The molecule has 0 radical (unpaired) electrons. The first kappa shape index (κ1) is 9.48. The van der Waals surface area contributed by atoms with Crippen LogP contribution in [0.3, 0.4) is 0 Å². The van der Waals surface area contributed by atoms with E-state index < -0.39 is 9.84 Å². The minimum Gasteiger partial charge on any atom is -0.398 e. The van der Waals surface area contributed by atoms with Crippen molar-refractivity contribution in [2.75, 3.05) is 11.5 Å². The summed E-state index contributed by atoms with van der Waals surface area (Å²) in [5, 5.41) is 0. The molecule has 0 aromatic heterocycles. The van der Waals surface area contributed by atoms with Gasteiger partial charge in [-0.2, -0.15) is 0 Å². The van der Waals surface area contributed by atoms with Crippen molar-refractivity contribution in [2.24, 2.45) is 5.73 Å². The molecule has 2 rings (SSSR count). The molecule has 14 heavy (non-hydrogen) atoms. The molecular weight excluding hydrogens is 200 g/mol. The van der Waals surface area contributed by atoms with E-state index in [1.165, 1.54) is 0 Å². The minimum atomic E-state index is -3.16. The van der Waals surface area contributed by atoms with E-state index in [2.05, 4.69) is 0 Å². The standard InChI is InChI=1S/C9H12N2O2S/c10-6-2-1-3-8-9(6)7(11)4-5-14(8,12)13/h1-3,7H,4-5,10-11H2/t7-/m1/s1. The fraction of sp³-hybridized carbons (Fsp3) is 0.333. The molecule has 0 amide bonds. The lowest BCUT2D eigenvalue weighted by molar-refractivity contribution is 0.569. The number of hydrogen-bond donors (Lipinski definition) is 2. The quantitative estimate of drug-likeness (QED) is 0.611. The van der Waals surface area contributed by atoms with Crippen molar-refractivity contribution < 1.29 is 8.42 Å². The van der Waals surface area contributed by atoms with Gasteiger partial charge in [-0.25, -0.2) is 8.42 Å². The number of hydrogen-bond acceptors (Lipinski definition) is 4. The number of fused-ring (bicyclic) bond motifs is 1. The Balaban J connectivity index is 2.75. The summed E-state index contributed by atoms with van der Waals surface area (Å²) in [6.07, 6.45) is 0.448. The Bertz CT molecular complexity index is 468. The van der Waals surface area contributed by atoms with Crippen LogP contribution >= 0.6 is 0 Å². The zero-order chi connectivity index (χ0) is 10.3. The summed E-state index contributed by atoms with van der Waals surface area (Å²) in [4.78, 5) is 0.302. The number of nitrogens with two attached hydrogens (primary N) is 2. The van der Waals surface area contributed by atoms with Crippen molar-refractivity contribution in [2.45, 2.75) is 17.4 Å². The lowest BCUT2D eigenvalue weighted by Crippen LogP contribution is -2.26. The normalized spacial score (nSPS) is 24.2. The topological polar surface area (TPSA) is 86.2 Å². The van der Waals surface area contributed by atoms with E-state index in [9.17, 15) is 8.42 Å². The molecule has 1 aromatic rings. The van der Waals surface area contributed by atoms with Gasteiger partial charge >= 0.3 is 0 Å². The molecule has 1 atom stereocenters. The van der Waals surface area contributed by atoms with Crippen LogP contribution in [0.5, 0.6) is 0 Å². The van der Waals surface area contributed by atoms with E-state index in [0.717, 1.165) is 0 Å². The highest BCUT2D eigenvalue weighted by atomic mass is 32.2. The Labute approximate surface area is 82.8 Å². The van der Waals surface area contributed by atoms with Crippen molar-refractivity contribution in [3.63, 3.8) is 0 Å². The maximum absolute atomic E-state index is 11.7. The highest BCUT2D eigenvalue weighted by Gasteiger charge is 2.29. The van der Waals surface area contributed by atoms with Gasteiger partial charge in [0, 0.05) is 17.3 Å². The molecule has 0 unspecified atom stereocenters. The SMILES string of the molecule is Nc1cccc2c1[C@H](N)CCS2(=O)=O. The fourth-order valence-electron chi connectivity index (χ4n) is 1.77. The van der Waals surface area contributed by atoms with Gasteiger partial charge in [0.25, 0.3) is 0 Å². The van der Waals surface area contributed by atoms with Gasteiger partial charge in [-0.1, -0.05) is 6.07 Å². The maximum Gasteiger partial charge on any atom is 0.178 e. The third-order valence-electron chi connectivity index (χ3n) is 2.50. The molecule has 0 bridgehead atoms. The van der Waals surface area contributed by atoms with Gasteiger partial charge in [-0.15, -0.1) is 0 Å². The van der Waals surface area contributed by atoms with E-state index in [4.69, 9.17) is 11.5 Å². The molecule has 4 nitrogen and oxygen atoms in total. The molecule has 1 heterocycles. The number of nitrogen functional groups attached to an aromatic ring is 1. The summed E-state index contributed by atoms with van der Waals surface area (Å²) < 4.78 is 23.3. The van der Waals surface area contributed by atoms with E-state index in [0.29, 0.717) is 22.6 Å². The van der Waals surface area contributed by atoms with Gasteiger partial charge in [0.2, 0.25) is 0 Å². The Kier molecular flexibility index (Phi) is 2.01. The van der Waals surface area contributed by atoms with Crippen LogP contribution < -0.4 is 11.5 Å². The van der Waals surface area contributed by atoms with E-state index in [-0.39, 0.29) is 11.8 Å². The van der Waals surface area contributed by atoms with E-state index >= 15 is 0 Å². The first-order valence-corrected chi connectivity index (χ1v) is 6.04. The summed E-state index contributed by atoms with van der Waals surface area (Å²) in [5.41, 5.74) is 12.6. The third-order valence-corrected chi connectivity index (χ3v) is 4.30. The number of rotatable bonds is 0. The van der Waals surface area contributed by atoms with Crippen molar-refractivity contribution in [3.05, 3.63) is 23.8 Å². The molecule has 0 saturated heterocycles. The van der Waals surface area contributed by atoms with Crippen LogP contribution in [0.25, 0.3) is 0 Å². The Morgan fingerprint density at radius 2 is 2.07 bits per heavy atom. The van der Waals surface area contributed by atoms with Crippen LogP contribution in [0, 0.1) is 0 Å². The predicted octanol–water partition coefficient (Wildman–Crippen LogP) is 0.446. The largest absolute Gasteiger partial charge is 0.398 e. The zero-order valence-electron chi connectivity index (χ0n) is 7.60. The van der Waals surface area contributed by atoms with E-state index in [1.54, 1.807) is 18.2 Å². The van der Waals surface area contributed by atoms with Crippen LogP contribution in [-0.4, -0.2) is 14.2 Å². The molecule has 1 aliphatic heterocycles. The van der Waals surface area contributed by atoms with Crippen molar-refractivity contribution in [1.29, 1.82) is 0 Å². The summed E-state index contributed by atoms with van der Waals surface area (Å²) in [6, 6.07) is 4.64. The zero-order valence-corrected chi connectivity index (χ0v) is 8.42. The van der Waals surface area contributed by atoms with Crippen LogP contribution in [0.15, 0.2) is 23.1 Å². The summed E-state index contributed by atoms with van der Waals surface area (Å²) in [5.74, 6) is 0.116. The molecular formula is C9H12N2O2S. The van der Waals surface area contributed by atoms with Gasteiger partial charge in [0.1, 0.15) is 0 Å². The first-order chi connectivity index (χ1) is 6.52. The van der Waals surface area contributed by atoms with Crippen LogP contribution in [0.1, 0.15) is 18.0 Å². The van der Waals surface area contributed by atoms with Gasteiger partial charge in [0.15, 0.2) is 9.84 Å². The smallest absolute Gasteiger partial charge is 0.178 e. The molecule has 0 spiro atoms. The molecule has 4 N–H and O–H groups in total. The van der Waals surface area contributed by atoms with Crippen LogP contribution in [-0.2, 0) is 9.84 Å². The molecule has 1 aromatic carbocycles.